The fraction of sp³-hybridized carbons (Fsp3) is 0.667. The number of ether oxygens (including phenoxy) is 1. The summed E-state index contributed by atoms with van der Waals surface area (Å²) in [7, 11) is 0. The molecule has 0 aliphatic carbocycles. The molecule has 3 nitrogen and oxygen atoms in total. The Balaban J connectivity index is 2.52. The number of rotatable bonds is 2. The van der Waals surface area contributed by atoms with Crippen molar-refractivity contribution in [3.05, 3.63) is 12.2 Å². The van der Waals surface area contributed by atoms with Crippen molar-refractivity contribution in [2.75, 3.05) is 6.61 Å². The first-order valence-electron chi connectivity index (χ1n) is 4.18. The Bertz CT molecular complexity index is 190. The lowest BCUT2D eigenvalue weighted by Gasteiger charge is -2.30. The molecule has 1 heterocycles. The second kappa shape index (κ2) is 3.72. The predicted molar refractivity (Wildman–Crippen MR) is 45.0 cm³/mol. The fourth-order valence-electron chi connectivity index (χ4n) is 1.33. The molecule has 1 rings (SSSR count). The summed E-state index contributed by atoms with van der Waals surface area (Å²) in [6.45, 7) is 2.66. The molecule has 0 spiro atoms. The summed E-state index contributed by atoms with van der Waals surface area (Å²) in [4.78, 5) is 10.2. The van der Waals surface area contributed by atoms with Crippen LogP contribution < -0.4 is 0 Å². The van der Waals surface area contributed by atoms with Crippen molar-refractivity contribution in [2.45, 2.75) is 31.8 Å². The lowest BCUT2D eigenvalue weighted by Crippen LogP contribution is -2.30. The van der Waals surface area contributed by atoms with Crippen LogP contribution in [-0.4, -0.2) is 23.3 Å². The van der Waals surface area contributed by atoms with E-state index < -0.39 is 5.97 Å². The second-order valence-electron chi connectivity index (χ2n) is 3.29. The maximum atomic E-state index is 10.2. The van der Waals surface area contributed by atoms with Gasteiger partial charge in [0.25, 0.3) is 0 Å². The minimum Gasteiger partial charge on any atom is -0.478 e. The van der Waals surface area contributed by atoms with Crippen LogP contribution in [0.25, 0.3) is 0 Å². The van der Waals surface area contributed by atoms with Gasteiger partial charge in [0.2, 0.25) is 0 Å². The van der Waals surface area contributed by atoms with Crippen LogP contribution in [0.4, 0.5) is 0 Å². The van der Waals surface area contributed by atoms with Crippen LogP contribution in [0.15, 0.2) is 12.2 Å². The van der Waals surface area contributed by atoms with E-state index in [1.807, 2.05) is 6.92 Å². The van der Waals surface area contributed by atoms with E-state index >= 15 is 0 Å². The van der Waals surface area contributed by atoms with Crippen molar-refractivity contribution in [3.8, 4) is 0 Å². The third kappa shape index (κ3) is 2.66. The Kier molecular flexibility index (Phi) is 2.87. The lowest BCUT2D eigenvalue weighted by molar-refractivity contribution is -0.131. The minimum atomic E-state index is -0.912. The van der Waals surface area contributed by atoms with E-state index in [9.17, 15) is 4.79 Å². The molecule has 0 amide bonds. The number of carboxylic acids is 1. The molecule has 3 heteroatoms. The summed E-state index contributed by atoms with van der Waals surface area (Å²) in [5.74, 6) is -0.912. The van der Waals surface area contributed by atoms with Gasteiger partial charge in [-0.25, -0.2) is 4.79 Å². The predicted octanol–water partition coefficient (Wildman–Crippen LogP) is 1.59. The van der Waals surface area contributed by atoms with Crippen molar-refractivity contribution in [3.63, 3.8) is 0 Å². The van der Waals surface area contributed by atoms with E-state index in [2.05, 4.69) is 0 Å². The summed E-state index contributed by atoms with van der Waals surface area (Å²) in [6, 6.07) is 0. The van der Waals surface area contributed by atoms with Crippen molar-refractivity contribution in [1.82, 2.24) is 0 Å². The molecule has 1 N–H and O–H groups in total. The molecule has 1 atom stereocenters. The average Bonchev–Trinajstić information content (AvgIpc) is 2.03. The largest absolute Gasteiger partial charge is 0.478 e. The number of hydrogen-bond acceptors (Lipinski definition) is 2. The van der Waals surface area contributed by atoms with Gasteiger partial charge >= 0.3 is 5.97 Å². The Morgan fingerprint density at radius 2 is 2.33 bits per heavy atom. The summed E-state index contributed by atoms with van der Waals surface area (Å²) >= 11 is 0. The minimum absolute atomic E-state index is 0.351. The maximum absolute atomic E-state index is 10.2. The van der Waals surface area contributed by atoms with Gasteiger partial charge in [0.15, 0.2) is 0 Å². The Hall–Kier alpha value is -0.830. The van der Waals surface area contributed by atoms with E-state index in [-0.39, 0.29) is 5.60 Å². The monoisotopic (exact) mass is 170 g/mol. The Morgan fingerprint density at radius 3 is 2.83 bits per heavy atom. The third-order valence-corrected chi connectivity index (χ3v) is 2.08. The van der Waals surface area contributed by atoms with Gasteiger partial charge in [-0.15, -0.1) is 0 Å². The molecule has 0 aromatic heterocycles. The van der Waals surface area contributed by atoms with E-state index in [4.69, 9.17) is 9.84 Å². The van der Waals surface area contributed by atoms with Crippen LogP contribution in [0.3, 0.4) is 0 Å². The molecule has 12 heavy (non-hydrogen) atoms. The summed E-state index contributed by atoms with van der Waals surface area (Å²) < 4.78 is 5.47. The van der Waals surface area contributed by atoms with Gasteiger partial charge in [-0.05, 0) is 32.3 Å². The van der Waals surface area contributed by atoms with E-state index in [1.165, 1.54) is 0 Å². The highest BCUT2D eigenvalue weighted by atomic mass is 16.5. The average molecular weight is 170 g/mol. The Morgan fingerprint density at radius 1 is 1.58 bits per heavy atom. The summed E-state index contributed by atoms with van der Waals surface area (Å²) in [6.07, 6.45) is 5.90. The van der Waals surface area contributed by atoms with Gasteiger partial charge in [0, 0.05) is 12.7 Å². The van der Waals surface area contributed by atoms with Crippen molar-refractivity contribution in [2.24, 2.45) is 0 Å². The van der Waals surface area contributed by atoms with Crippen LogP contribution in [-0.2, 0) is 9.53 Å². The molecule has 0 aromatic carbocycles. The normalized spacial score (nSPS) is 30.8. The molecule has 1 aliphatic rings. The van der Waals surface area contributed by atoms with Gasteiger partial charge in [0.05, 0.1) is 5.60 Å². The molecule has 1 fully saturated rings. The maximum Gasteiger partial charge on any atom is 0.328 e. The number of aliphatic carboxylic acids is 1. The van der Waals surface area contributed by atoms with Gasteiger partial charge in [-0.2, -0.15) is 0 Å². The molecule has 0 aromatic rings. The highest BCUT2D eigenvalue weighted by Crippen LogP contribution is 2.25. The molecular formula is C9H14O3. The summed E-state index contributed by atoms with van der Waals surface area (Å²) in [5, 5.41) is 8.42. The fourth-order valence-corrected chi connectivity index (χ4v) is 1.33. The van der Waals surface area contributed by atoms with Crippen LogP contribution in [0, 0.1) is 0 Å². The molecule has 1 unspecified atom stereocenters. The zero-order valence-corrected chi connectivity index (χ0v) is 7.25. The van der Waals surface area contributed by atoms with E-state index in [1.54, 1.807) is 6.08 Å². The molecule has 0 bridgehead atoms. The van der Waals surface area contributed by atoms with E-state index in [0.717, 1.165) is 31.9 Å². The SMILES string of the molecule is CC1(C=CC(=O)O)CCCCO1. The Labute approximate surface area is 72.0 Å². The quantitative estimate of drug-likeness (QED) is 0.640. The van der Waals surface area contributed by atoms with Crippen molar-refractivity contribution in [1.29, 1.82) is 0 Å². The molecular weight excluding hydrogens is 156 g/mol. The van der Waals surface area contributed by atoms with Gasteiger partial charge in [0.1, 0.15) is 0 Å². The van der Waals surface area contributed by atoms with Crippen molar-refractivity contribution >= 4 is 5.97 Å². The van der Waals surface area contributed by atoms with Crippen LogP contribution in [0.1, 0.15) is 26.2 Å². The van der Waals surface area contributed by atoms with E-state index in [0.29, 0.717) is 0 Å². The summed E-state index contributed by atoms with van der Waals surface area (Å²) in [5.41, 5.74) is -0.351. The van der Waals surface area contributed by atoms with Crippen LogP contribution in [0.5, 0.6) is 0 Å². The van der Waals surface area contributed by atoms with Gasteiger partial charge in [-0.3, -0.25) is 0 Å². The smallest absolute Gasteiger partial charge is 0.328 e. The molecule has 68 valence electrons. The molecule has 1 aliphatic heterocycles. The third-order valence-electron chi connectivity index (χ3n) is 2.08. The number of hydrogen-bond donors (Lipinski definition) is 1. The van der Waals surface area contributed by atoms with Crippen molar-refractivity contribution < 1.29 is 14.6 Å². The highest BCUT2D eigenvalue weighted by molar-refractivity contribution is 5.79. The zero-order valence-electron chi connectivity index (χ0n) is 7.25. The first-order chi connectivity index (χ1) is 5.62. The number of carbonyl (C=O) groups is 1. The van der Waals surface area contributed by atoms with Gasteiger partial charge < -0.3 is 9.84 Å². The second-order valence-corrected chi connectivity index (χ2v) is 3.29. The van der Waals surface area contributed by atoms with Crippen LogP contribution in [0.2, 0.25) is 0 Å². The lowest BCUT2D eigenvalue weighted by atomic mass is 9.95. The standard InChI is InChI=1S/C9H14O3/c1-9(6-4-8(10)11)5-2-3-7-12-9/h4,6H,2-3,5,7H2,1H3,(H,10,11). The first-order valence-corrected chi connectivity index (χ1v) is 4.18. The molecule has 0 radical (unpaired) electrons. The highest BCUT2D eigenvalue weighted by Gasteiger charge is 2.24. The number of carboxylic acid groups (broad SMARTS) is 1. The first kappa shape index (κ1) is 9.26. The van der Waals surface area contributed by atoms with Gasteiger partial charge in [-0.1, -0.05) is 0 Å². The zero-order chi connectivity index (χ0) is 9.03. The van der Waals surface area contributed by atoms with Crippen LogP contribution >= 0.6 is 0 Å². The molecule has 1 saturated heterocycles. The topological polar surface area (TPSA) is 46.5 Å². The molecule has 0 saturated carbocycles.